The molecule has 1 aromatic rings. The third kappa shape index (κ3) is 4.03. The second-order valence-corrected chi connectivity index (χ2v) is 5.58. The number of morpholine rings is 1. The molecule has 3 rings (SSSR count). The maximum absolute atomic E-state index is 12.0. The van der Waals surface area contributed by atoms with Crippen molar-refractivity contribution in [1.29, 1.82) is 0 Å². The van der Waals surface area contributed by atoms with Gasteiger partial charge in [0.25, 0.3) is 0 Å². The lowest BCUT2D eigenvalue weighted by molar-refractivity contribution is -0.117. The first-order valence-corrected chi connectivity index (χ1v) is 7.68. The Morgan fingerprint density at radius 1 is 1.43 bits per heavy atom. The first kappa shape index (κ1) is 14.5. The number of rotatable bonds is 5. The van der Waals surface area contributed by atoms with Crippen molar-refractivity contribution >= 4 is 11.6 Å². The van der Waals surface area contributed by atoms with Gasteiger partial charge in [-0.15, -0.1) is 0 Å². The summed E-state index contributed by atoms with van der Waals surface area (Å²) in [4.78, 5) is 14.4. The molecule has 116 valence electrons. The third-order valence-corrected chi connectivity index (χ3v) is 4.03. The largest absolute Gasteiger partial charge is 0.379 e. The van der Waals surface area contributed by atoms with Gasteiger partial charge < -0.3 is 15.4 Å². The van der Waals surface area contributed by atoms with Crippen LogP contribution in [0.3, 0.4) is 0 Å². The highest BCUT2D eigenvalue weighted by atomic mass is 16.5. The molecular formula is C14H23N5O2. The van der Waals surface area contributed by atoms with Crippen LogP contribution in [-0.4, -0.2) is 66.0 Å². The van der Waals surface area contributed by atoms with Crippen molar-refractivity contribution in [2.24, 2.45) is 0 Å². The molecule has 3 heterocycles. The summed E-state index contributed by atoms with van der Waals surface area (Å²) >= 11 is 0. The first-order chi connectivity index (χ1) is 10.3. The average molecular weight is 293 g/mol. The highest BCUT2D eigenvalue weighted by Gasteiger charge is 2.22. The minimum Gasteiger partial charge on any atom is -0.379 e. The number of ether oxygens (including phenoxy) is 1. The highest BCUT2D eigenvalue weighted by molar-refractivity contribution is 5.94. The quantitative estimate of drug-likeness (QED) is 0.794. The molecular weight excluding hydrogens is 270 g/mol. The Balaban J connectivity index is 1.45. The van der Waals surface area contributed by atoms with E-state index in [1.165, 1.54) is 0 Å². The Hall–Kier alpha value is -1.44. The summed E-state index contributed by atoms with van der Waals surface area (Å²) in [6.07, 6.45) is 5.59. The second-order valence-electron chi connectivity index (χ2n) is 5.58. The van der Waals surface area contributed by atoms with Crippen molar-refractivity contribution in [3.05, 3.63) is 12.4 Å². The number of carbonyl (C=O) groups excluding carboxylic acids is 1. The molecule has 21 heavy (non-hydrogen) atoms. The molecule has 0 aliphatic carbocycles. The lowest BCUT2D eigenvalue weighted by Crippen LogP contribution is -2.38. The van der Waals surface area contributed by atoms with Crippen LogP contribution in [0.1, 0.15) is 12.8 Å². The van der Waals surface area contributed by atoms with Gasteiger partial charge >= 0.3 is 0 Å². The second kappa shape index (κ2) is 7.02. The van der Waals surface area contributed by atoms with E-state index in [0.29, 0.717) is 0 Å². The summed E-state index contributed by atoms with van der Waals surface area (Å²) in [6, 6.07) is -0.0540. The van der Waals surface area contributed by atoms with E-state index in [1.807, 2.05) is 10.9 Å². The maximum Gasteiger partial charge on any atom is 0.241 e. The number of carbonyl (C=O) groups is 1. The van der Waals surface area contributed by atoms with Crippen LogP contribution in [0.25, 0.3) is 0 Å². The van der Waals surface area contributed by atoms with Crippen molar-refractivity contribution in [2.75, 3.05) is 44.7 Å². The molecule has 2 saturated heterocycles. The molecule has 0 spiro atoms. The van der Waals surface area contributed by atoms with Crippen molar-refractivity contribution in [3.63, 3.8) is 0 Å². The summed E-state index contributed by atoms with van der Waals surface area (Å²) in [5, 5.41) is 10.4. The van der Waals surface area contributed by atoms with E-state index in [0.717, 1.165) is 64.5 Å². The van der Waals surface area contributed by atoms with E-state index in [-0.39, 0.29) is 11.9 Å². The highest BCUT2D eigenvalue weighted by Crippen LogP contribution is 2.10. The monoisotopic (exact) mass is 293 g/mol. The molecule has 1 unspecified atom stereocenters. The zero-order chi connectivity index (χ0) is 14.5. The van der Waals surface area contributed by atoms with Gasteiger partial charge in [0, 0.05) is 25.8 Å². The standard InChI is InChI=1S/C14H23N5O2/c20-14(13-2-1-3-15-13)17-12-10-16-19(11-12)5-4-18-6-8-21-9-7-18/h10-11,13,15H,1-9H2,(H,17,20). The summed E-state index contributed by atoms with van der Waals surface area (Å²) < 4.78 is 7.21. The van der Waals surface area contributed by atoms with Crippen LogP contribution in [0.5, 0.6) is 0 Å². The van der Waals surface area contributed by atoms with Gasteiger partial charge in [-0.25, -0.2) is 0 Å². The minimum absolute atomic E-state index is 0.0419. The van der Waals surface area contributed by atoms with Gasteiger partial charge in [-0.1, -0.05) is 0 Å². The maximum atomic E-state index is 12.0. The smallest absolute Gasteiger partial charge is 0.241 e. The summed E-state index contributed by atoms with van der Waals surface area (Å²) in [5.41, 5.74) is 0.774. The molecule has 0 saturated carbocycles. The van der Waals surface area contributed by atoms with Crippen LogP contribution >= 0.6 is 0 Å². The van der Waals surface area contributed by atoms with Crippen LogP contribution in [0.2, 0.25) is 0 Å². The fourth-order valence-corrected chi connectivity index (χ4v) is 2.76. The number of nitrogens with zero attached hydrogens (tertiary/aromatic N) is 3. The van der Waals surface area contributed by atoms with Crippen molar-refractivity contribution in [1.82, 2.24) is 20.0 Å². The van der Waals surface area contributed by atoms with E-state index in [2.05, 4.69) is 20.6 Å². The zero-order valence-electron chi connectivity index (χ0n) is 12.3. The van der Waals surface area contributed by atoms with Crippen LogP contribution in [0.4, 0.5) is 5.69 Å². The minimum atomic E-state index is -0.0540. The summed E-state index contributed by atoms with van der Waals surface area (Å²) in [6.45, 7) is 6.32. The summed E-state index contributed by atoms with van der Waals surface area (Å²) in [7, 11) is 0. The van der Waals surface area contributed by atoms with Gasteiger partial charge in [0.15, 0.2) is 0 Å². The number of hydrogen-bond acceptors (Lipinski definition) is 5. The zero-order valence-corrected chi connectivity index (χ0v) is 12.3. The molecule has 0 bridgehead atoms. The van der Waals surface area contributed by atoms with E-state index < -0.39 is 0 Å². The van der Waals surface area contributed by atoms with Gasteiger partial charge in [-0.2, -0.15) is 5.10 Å². The fraction of sp³-hybridized carbons (Fsp3) is 0.714. The topological polar surface area (TPSA) is 71.4 Å². The van der Waals surface area contributed by atoms with E-state index in [4.69, 9.17) is 4.74 Å². The van der Waals surface area contributed by atoms with E-state index in [1.54, 1.807) is 6.20 Å². The Morgan fingerprint density at radius 2 is 2.29 bits per heavy atom. The van der Waals surface area contributed by atoms with Gasteiger partial charge in [0.2, 0.25) is 5.91 Å². The van der Waals surface area contributed by atoms with Crippen LogP contribution in [0, 0.1) is 0 Å². The Morgan fingerprint density at radius 3 is 3.05 bits per heavy atom. The van der Waals surface area contributed by atoms with E-state index >= 15 is 0 Å². The van der Waals surface area contributed by atoms with Gasteiger partial charge in [-0.3, -0.25) is 14.4 Å². The predicted octanol–water partition coefficient (Wildman–Crippen LogP) is -0.0942. The molecule has 0 radical (unpaired) electrons. The molecule has 1 amide bonds. The molecule has 7 nitrogen and oxygen atoms in total. The normalized spacial score (nSPS) is 23.3. The molecule has 2 aliphatic rings. The lowest BCUT2D eigenvalue weighted by atomic mass is 10.2. The average Bonchev–Trinajstić information content (AvgIpc) is 3.18. The Bertz CT molecular complexity index is 464. The van der Waals surface area contributed by atoms with Crippen molar-refractivity contribution in [3.8, 4) is 0 Å². The lowest BCUT2D eigenvalue weighted by Gasteiger charge is -2.26. The Kier molecular flexibility index (Phi) is 4.84. The first-order valence-electron chi connectivity index (χ1n) is 7.68. The number of nitrogens with one attached hydrogen (secondary N) is 2. The van der Waals surface area contributed by atoms with Crippen LogP contribution < -0.4 is 10.6 Å². The van der Waals surface area contributed by atoms with Crippen LogP contribution in [0.15, 0.2) is 12.4 Å². The number of amides is 1. The van der Waals surface area contributed by atoms with Crippen molar-refractivity contribution in [2.45, 2.75) is 25.4 Å². The van der Waals surface area contributed by atoms with Gasteiger partial charge in [0.05, 0.1) is 37.7 Å². The molecule has 0 aromatic carbocycles. The molecule has 7 heteroatoms. The predicted molar refractivity (Wildman–Crippen MR) is 79.1 cm³/mol. The molecule has 1 atom stereocenters. The third-order valence-electron chi connectivity index (χ3n) is 4.03. The van der Waals surface area contributed by atoms with Crippen molar-refractivity contribution < 1.29 is 9.53 Å². The fourth-order valence-electron chi connectivity index (χ4n) is 2.76. The molecule has 2 aliphatic heterocycles. The molecule has 1 aromatic heterocycles. The molecule has 2 N–H and O–H groups in total. The van der Waals surface area contributed by atoms with Crippen LogP contribution in [-0.2, 0) is 16.1 Å². The van der Waals surface area contributed by atoms with Gasteiger partial charge in [-0.05, 0) is 19.4 Å². The number of aromatic nitrogens is 2. The molecule has 2 fully saturated rings. The Labute approximate surface area is 124 Å². The van der Waals surface area contributed by atoms with Gasteiger partial charge in [0.1, 0.15) is 0 Å². The number of anilines is 1. The number of hydrogen-bond donors (Lipinski definition) is 2. The summed E-state index contributed by atoms with van der Waals surface area (Å²) in [5.74, 6) is 0.0419. The SMILES string of the molecule is O=C(Nc1cnn(CCN2CCOCC2)c1)C1CCCN1. The van der Waals surface area contributed by atoms with E-state index in [9.17, 15) is 4.79 Å².